The summed E-state index contributed by atoms with van der Waals surface area (Å²) in [4.78, 5) is 0. The van der Waals surface area contributed by atoms with Gasteiger partial charge in [0.15, 0.2) is 11.5 Å². The Bertz CT molecular complexity index is 1150. The average Bonchev–Trinajstić information content (AvgIpc) is 3.13. The van der Waals surface area contributed by atoms with Crippen LogP contribution in [0.25, 0.3) is 21.9 Å². The van der Waals surface area contributed by atoms with Gasteiger partial charge >= 0.3 is 0 Å². The highest BCUT2D eigenvalue weighted by molar-refractivity contribution is 5.94. The number of ether oxygens (including phenoxy) is 2. The van der Waals surface area contributed by atoms with Gasteiger partial charge in [0.05, 0.1) is 7.11 Å². The molecule has 138 valence electrons. The molecule has 0 saturated carbocycles. The van der Waals surface area contributed by atoms with E-state index in [1.165, 1.54) is 33.0 Å². The molecule has 0 saturated heterocycles. The summed E-state index contributed by atoms with van der Waals surface area (Å²) in [7, 11) is 1.71. The van der Waals surface area contributed by atoms with E-state index in [-0.39, 0.29) is 0 Å². The summed E-state index contributed by atoms with van der Waals surface area (Å²) in [5.74, 6) is 1.67. The Morgan fingerprint density at radius 3 is 2.25 bits per heavy atom. The Morgan fingerprint density at radius 2 is 1.54 bits per heavy atom. The van der Waals surface area contributed by atoms with Gasteiger partial charge in [0, 0.05) is 12.0 Å². The van der Waals surface area contributed by atoms with Gasteiger partial charge in [-0.25, -0.2) is 0 Å². The van der Waals surface area contributed by atoms with E-state index in [2.05, 4.69) is 79.7 Å². The molecule has 2 nitrogen and oxygen atoms in total. The van der Waals surface area contributed by atoms with Crippen LogP contribution in [0.5, 0.6) is 11.5 Å². The summed E-state index contributed by atoms with van der Waals surface area (Å²) < 4.78 is 12.2. The van der Waals surface area contributed by atoms with Gasteiger partial charge in [0.1, 0.15) is 5.60 Å². The Balaban J connectivity index is 1.69. The minimum Gasteiger partial charge on any atom is -0.493 e. The van der Waals surface area contributed by atoms with Crippen molar-refractivity contribution in [1.82, 2.24) is 0 Å². The second-order valence-electron chi connectivity index (χ2n) is 7.56. The molecular weight excluding hydrogens is 344 g/mol. The molecule has 0 spiro atoms. The molecule has 1 heterocycles. The lowest BCUT2D eigenvalue weighted by atomic mass is 9.88. The second kappa shape index (κ2) is 6.42. The highest BCUT2D eigenvalue weighted by Gasteiger charge is 2.39. The summed E-state index contributed by atoms with van der Waals surface area (Å²) in [6.45, 7) is 2.16. The maximum atomic E-state index is 6.53. The summed E-state index contributed by atoms with van der Waals surface area (Å²) in [5, 5.41) is 2.41. The Hall–Kier alpha value is -3.26. The number of methoxy groups -OCH3 is 1. The molecule has 0 amide bonds. The van der Waals surface area contributed by atoms with Crippen molar-refractivity contribution in [2.75, 3.05) is 7.11 Å². The van der Waals surface area contributed by atoms with Crippen molar-refractivity contribution in [3.05, 3.63) is 96.1 Å². The fourth-order valence-electron chi connectivity index (χ4n) is 4.22. The van der Waals surface area contributed by atoms with E-state index in [0.29, 0.717) is 0 Å². The monoisotopic (exact) mass is 366 g/mol. The molecule has 5 rings (SSSR count). The summed E-state index contributed by atoms with van der Waals surface area (Å²) in [5.41, 5.74) is 4.44. The Labute approximate surface area is 165 Å². The topological polar surface area (TPSA) is 18.5 Å². The first-order valence-electron chi connectivity index (χ1n) is 9.61. The molecule has 28 heavy (non-hydrogen) atoms. The van der Waals surface area contributed by atoms with Crippen LogP contribution in [0.1, 0.15) is 18.1 Å². The van der Waals surface area contributed by atoms with Gasteiger partial charge in [-0.15, -0.1) is 0 Å². The lowest BCUT2D eigenvalue weighted by Crippen LogP contribution is -2.26. The highest BCUT2D eigenvalue weighted by atomic mass is 16.5. The van der Waals surface area contributed by atoms with E-state index >= 15 is 0 Å². The van der Waals surface area contributed by atoms with Crippen molar-refractivity contribution in [3.8, 4) is 22.6 Å². The third kappa shape index (κ3) is 2.65. The van der Waals surface area contributed by atoms with Crippen LogP contribution < -0.4 is 9.47 Å². The van der Waals surface area contributed by atoms with E-state index in [1.54, 1.807) is 7.11 Å². The van der Waals surface area contributed by atoms with E-state index < -0.39 is 5.60 Å². The first kappa shape index (κ1) is 16.9. The van der Waals surface area contributed by atoms with Gasteiger partial charge in [-0.05, 0) is 46.5 Å². The SMILES string of the molecule is COc1cc2ccc(-c3ccccc3)cc2c2c1OC(C)(c1ccccc1)C2. The first-order valence-corrected chi connectivity index (χ1v) is 9.61. The molecular formula is C26H22O2. The van der Waals surface area contributed by atoms with Crippen molar-refractivity contribution in [1.29, 1.82) is 0 Å². The summed E-state index contributed by atoms with van der Waals surface area (Å²) in [6.07, 6.45) is 0.818. The van der Waals surface area contributed by atoms with Crippen LogP contribution in [0.2, 0.25) is 0 Å². The van der Waals surface area contributed by atoms with Crippen LogP contribution in [0, 0.1) is 0 Å². The number of hydrogen-bond donors (Lipinski definition) is 0. The zero-order valence-corrected chi connectivity index (χ0v) is 16.1. The minimum atomic E-state index is -0.395. The molecule has 0 aliphatic carbocycles. The average molecular weight is 366 g/mol. The fraction of sp³-hybridized carbons (Fsp3) is 0.154. The lowest BCUT2D eigenvalue weighted by Gasteiger charge is -2.24. The van der Waals surface area contributed by atoms with Crippen LogP contribution in [-0.2, 0) is 12.0 Å². The number of fused-ring (bicyclic) bond motifs is 3. The number of rotatable bonds is 3. The van der Waals surface area contributed by atoms with E-state index in [9.17, 15) is 0 Å². The molecule has 4 aromatic rings. The van der Waals surface area contributed by atoms with Crippen LogP contribution in [0.3, 0.4) is 0 Å². The predicted molar refractivity (Wildman–Crippen MR) is 114 cm³/mol. The van der Waals surface area contributed by atoms with Crippen LogP contribution in [0.15, 0.2) is 84.9 Å². The normalized spacial score (nSPS) is 17.9. The molecule has 0 aromatic heterocycles. The van der Waals surface area contributed by atoms with Crippen molar-refractivity contribution < 1.29 is 9.47 Å². The molecule has 4 aromatic carbocycles. The van der Waals surface area contributed by atoms with E-state index in [0.717, 1.165) is 17.9 Å². The molecule has 1 aliphatic rings. The lowest BCUT2D eigenvalue weighted by molar-refractivity contribution is 0.112. The quantitative estimate of drug-likeness (QED) is 0.420. The van der Waals surface area contributed by atoms with Crippen molar-refractivity contribution in [2.24, 2.45) is 0 Å². The molecule has 0 radical (unpaired) electrons. The van der Waals surface area contributed by atoms with Gasteiger partial charge in [-0.2, -0.15) is 0 Å². The van der Waals surface area contributed by atoms with Gasteiger partial charge < -0.3 is 9.47 Å². The number of benzene rings is 4. The third-order valence-corrected chi connectivity index (χ3v) is 5.72. The minimum absolute atomic E-state index is 0.395. The van der Waals surface area contributed by atoms with E-state index in [4.69, 9.17) is 9.47 Å². The fourth-order valence-corrected chi connectivity index (χ4v) is 4.22. The van der Waals surface area contributed by atoms with Gasteiger partial charge in [-0.1, -0.05) is 72.8 Å². The second-order valence-corrected chi connectivity index (χ2v) is 7.56. The van der Waals surface area contributed by atoms with Crippen molar-refractivity contribution in [3.63, 3.8) is 0 Å². The largest absolute Gasteiger partial charge is 0.493 e. The smallest absolute Gasteiger partial charge is 0.166 e. The van der Waals surface area contributed by atoms with Crippen molar-refractivity contribution >= 4 is 10.8 Å². The summed E-state index contributed by atoms with van der Waals surface area (Å²) >= 11 is 0. The molecule has 0 fully saturated rings. The van der Waals surface area contributed by atoms with Crippen molar-refractivity contribution in [2.45, 2.75) is 18.9 Å². The molecule has 1 unspecified atom stereocenters. The van der Waals surface area contributed by atoms with E-state index in [1.807, 2.05) is 12.1 Å². The molecule has 2 heteroatoms. The molecule has 1 aliphatic heterocycles. The molecule has 0 bridgehead atoms. The van der Waals surface area contributed by atoms with Gasteiger partial charge in [-0.3, -0.25) is 0 Å². The number of hydrogen-bond acceptors (Lipinski definition) is 2. The Morgan fingerprint density at radius 1 is 0.821 bits per heavy atom. The Kier molecular flexibility index (Phi) is 3.87. The van der Waals surface area contributed by atoms with Crippen LogP contribution in [-0.4, -0.2) is 7.11 Å². The maximum Gasteiger partial charge on any atom is 0.166 e. The van der Waals surface area contributed by atoms with Crippen LogP contribution >= 0.6 is 0 Å². The van der Waals surface area contributed by atoms with Crippen LogP contribution in [0.4, 0.5) is 0 Å². The highest BCUT2D eigenvalue weighted by Crippen LogP contribution is 2.49. The molecule has 1 atom stereocenters. The zero-order chi connectivity index (χ0) is 19.1. The predicted octanol–water partition coefficient (Wildman–Crippen LogP) is 6.37. The molecule has 0 N–H and O–H groups in total. The standard InChI is InChI=1S/C26H22O2/c1-26(21-11-7-4-8-12-21)17-23-22-15-19(18-9-5-3-6-10-18)13-14-20(22)16-24(27-2)25(23)28-26/h3-16H,17H2,1-2H3. The first-order chi connectivity index (χ1) is 13.7. The maximum absolute atomic E-state index is 6.53. The summed E-state index contributed by atoms with van der Waals surface area (Å²) in [6, 6.07) is 29.7. The third-order valence-electron chi connectivity index (χ3n) is 5.72. The van der Waals surface area contributed by atoms with Gasteiger partial charge in [0.25, 0.3) is 0 Å². The van der Waals surface area contributed by atoms with Gasteiger partial charge in [0.2, 0.25) is 0 Å². The zero-order valence-electron chi connectivity index (χ0n) is 16.1.